The van der Waals surface area contributed by atoms with E-state index in [9.17, 15) is 0 Å². The minimum atomic E-state index is 0.306. The van der Waals surface area contributed by atoms with E-state index in [0.717, 1.165) is 42.3 Å². The highest BCUT2D eigenvalue weighted by atomic mass is 16.5. The van der Waals surface area contributed by atoms with Crippen molar-refractivity contribution in [1.29, 1.82) is 0 Å². The maximum atomic E-state index is 5.54. The van der Waals surface area contributed by atoms with Gasteiger partial charge in [0.2, 0.25) is 0 Å². The van der Waals surface area contributed by atoms with Gasteiger partial charge in [-0.3, -0.25) is 4.99 Å². The van der Waals surface area contributed by atoms with E-state index in [1.807, 2.05) is 18.5 Å². The first kappa shape index (κ1) is 17.0. The fraction of sp³-hybridized carbons (Fsp3) is 0.450. The third-order valence-corrected chi connectivity index (χ3v) is 5.08. The van der Waals surface area contributed by atoms with Gasteiger partial charge < -0.3 is 14.6 Å². The summed E-state index contributed by atoms with van der Waals surface area (Å²) in [7, 11) is 0. The molecule has 1 saturated heterocycles. The molecule has 2 aromatic rings. The minimum absolute atomic E-state index is 0.306. The standard InChI is InChI=1S/C20H25N5O/c1-14-13-26-10-9-25(14)19(21-2)11-18(15-3-4-15)24-12-16-5-7-22-20-17(16)6-8-23-20/h5-8,11,14-15H,2-4,9-10,12-13H2,1H3,(H,22,23)/b19-11+,24-18?. The predicted molar refractivity (Wildman–Crippen MR) is 105 cm³/mol. The molecule has 2 aliphatic rings. The molecule has 26 heavy (non-hydrogen) atoms. The van der Waals surface area contributed by atoms with Crippen molar-refractivity contribution in [3.05, 3.63) is 42.0 Å². The normalized spacial score (nSPS) is 22.0. The van der Waals surface area contributed by atoms with Crippen LogP contribution in [0.15, 0.2) is 46.4 Å². The van der Waals surface area contributed by atoms with E-state index in [-0.39, 0.29) is 0 Å². The Morgan fingerprint density at radius 2 is 2.35 bits per heavy atom. The number of allylic oxidation sites excluding steroid dienone is 1. The summed E-state index contributed by atoms with van der Waals surface area (Å²) in [6.45, 7) is 8.91. The van der Waals surface area contributed by atoms with Crippen molar-refractivity contribution in [3.63, 3.8) is 0 Å². The molecule has 0 radical (unpaired) electrons. The van der Waals surface area contributed by atoms with Crippen LogP contribution < -0.4 is 0 Å². The van der Waals surface area contributed by atoms with Crippen LogP contribution in [0.1, 0.15) is 25.3 Å². The molecule has 1 aliphatic carbocycles. The van der Waals surface area contributed by atoms with Gasteiger partial charge >= 0.3 is 0 Å². The Morgan fingerprint density at radius 1 is 1.46 bits per heavy atom. The zero-order valence-electron chi connectivity index (χ0n) is 15.2. The molecule has 0 amide bonds. The number of nitrogens with one attached hydrogen (secondary N) is 1. The Bertz CT molecular complexity index is 849. The van der Waals surface area contributed by atoms with Crippen LogP contribution in [0, 0.1) is 5.92 Å². The summed E-state index contributed by atoms with van der Waals surface area (Å²) in [5.41, 5.74) is 3.24. The lowest BCUT2D eigenvalue weighted by atomic mass is 10.1. The Kier molecular flexibility index (Phi) is 4.84. The van der Waals surface area contributed by atoms with Crippen LogP contribution in [0.3, 0.4) is 0 Å². The topological polar surface area (TPSA) is 65.9 Å². The second kappa shape index (κ2) is 7.41. The van der Waals surface area contributed by atoms with Gasteiger partial charge in [0.1, 0.15) is 11.5 Å². The molecule has 0 spiro atoms. The van der Waals surface area contributed by atoms with Gasteiger partial charge in [0, 0.05) is 42.0 Å². The molecule has 6 heteroatoms. The fourth-order valence-electron chi connectivity index (χ4n) is 3.42. The number of morpholine rings is 1. The predicted octanol–water partition coefficient (Wildman–Crippen LogP) is 3.18. The zero-order valence-corrected chi connectivity index (χ0v) is 15.2. The van der Waals surface area contributed by atoms with E-state index in [0.29, 0.717) is 18.5 Å². The van der Waals surface area contributed by atoms with Crippen LogP contribution in [0.5, 0.6) is 0 Å². The van der Waals surface area contributed by atoms with Gasteiger partial charge in [-0.15, -0.1) is 0 Å². The molecule has 0 bridgehead atoms. The summed E-state index contributed by atoms with van der Waals surface area (Å²) in [6, 6.07) is 4.41. The Labute approximate surface area is 153 Å². The number of aromatic nitrogens is 2. The minimum Gasteiger partial charge on any atom is -0.377 e. The molecule has 4 rings (SSSR count). The summed E-state index contributed by atoms with van der Waals surface area (Å²) in [6.07, 6.45) is 8.29. The number of aromatic amines is 1. The van der Waals surface area contributed by atoms with Crippen LogP contribution >= 0.6 is 0 Å². The molecule has 1 aliphatic heterocycles. The number of rotatable bonds is 6. The monoisotopic (exact) mass is 351 g/mol. The van der Waals surface area contributed by atoms with Crippen molar-refractivity contribution in [2.75, 3.05) is 19.8 Å². The van der Waals surface area contributed by atoms with Crippen molar-refractivity contribution in [2.45, 2.75) is 32.4 Å². The van der Waals surface area contributed by atoms with Crippen LogP contribution in [0.25, 0.3) is 11.0 Å². The average molecular weight is 351 g/mol. The highest BCUT2D eigenvalue weighted by Crippen LogP contribution is 2.32. The fourth-order valence-corrected chi connectivity index (χ4v) is 3.42. The molecular weight excluding hydrogens is 326 g/mol. The largest absolute Gasteiger partial charge is 0.377 e. The molecule has 3 heterocycles. The summed E-state index contributed by atoms with van der Waals surface area (Å²) in [4.78, 5) is 19.0. The van der Waals surface area contributed by atoms with Crippen molar-refractivity contribution >= 4 is 23.5 Å². The summed E-state index contributed by atoms with van der Waals surface area (Å²) in [5, 5.41) is 1.14. The van der Waals surface area contributed by atoms with Gasteiger partial charge in [-0.05, 0) is 44.2 Å². The number of nitrogens with zero attached hydrogens (tertiary/aromatic N) is 4. The third kappa shape index (κ3) is 3.55. The highest BCUT2D eigenvalue weighted by molar-refractivity contribution is 5.99. The lowest BCUT2D eigenvalue weighted by Crippen LogP contribution is -2.42. The van der Waals surface area contributed by atoms with Gasteiger partial charge in [0.25, 0.3) is 0 Å². The van der Waals surface area contributed by atoms with Gasteiger partial charge in [-0.25, -0.2) is 9.98 Å². The smallest absolute Gasteiger partial charge is 0.137 e. The molecule has 1 saturated carbocycles. The maximum absolute atomic E-state index is 5.54. The van der Waals surface area contributed by atoms with Crippen LogP contribution in [-0.4, -0.2) is 53.1 Å². The molecule has 136 valence electrons. The molecule has 2 fully saturated rings. The Hall–Kier alpha value is -2.47. The van der Waals surface area contributed by atoms with Crippen LogP contribution in [-0.2, 0) is 11.3 Å². The Morgan fingerprint density at radius 3 is 3.12 bits per heavy atom. The summed E-state index contributed by atoms with van der Waals surface area (Å²) >= 11 is 0. The first-order valence-corrected chi connectivity index (χ1v) is 9.24. The number of H-pyrrole nitrogens is 1. The van der Waals surface area contributed by atoms with E-state index in [1.54, 1.807) is 0 Å². The SMILES string of the molecule is C=N/C(=C\C(=NCc1ccnc2[nH]ccc12)C1CC1)N1CCOCC1C. The molecular formula is C20H25N5O. The zero-order chi connectivity index (χ0) is 17.9. The number of hydrogen-bond acceptors (Lipinski definition) is 5. The van der Waals surface area contributed by atoms with Gasteiger partial charge in [0.15, 0.2) is 0 Å². The number of ether oxygens (including phenoxy) is 1. The number of fused-ring (bicyclic) bond motifs is 1. The van der Waals surface area contributed by atoms with Crippen molar-refractivity contribution in [2.24, 2.45) is 15.9 Å². The van der Waals surface area contributed by atoms with Gasteiger partial charge in [-0.1, -0.05) is 0 Å². The summed E-state index contributed by atoms with van der Waals surface area (Å²) in [5.74, 6) is 1.46. The highest BCUT2D eigenvalue weighted by Gasteiger charge is 2.28. The second-order valence-corrected chi connectivity index (χ2v) is 7.00. The van der Waals surface area contributed by atoms with E-state index in [2.05, 4.69) is 45.6 Å². The van der Waals surface area contributed by atoms with Gasteiger partial charge in [0.05, 0.1) is 25.8 Å². The molecule has 6 nitrogen and oxygen atoms in total. The van der Waals surface area contributed by atoms with Crippen LogP contribution in [0.4, 0.5) is 0 Å². The van der Waals surface area contributed by atoms with E-state index < -0.39 is 0 Å². The van der Waals surface area contributed by atoms with Crippen LogP contribution in [0.2, 0.25) is 0 Å². The second-order valence-electron chi connectivity index (χ2n) is 7.00. The molecule has 1 N–H and O–H groups in total. The quantitative estimate of drug-likeness (QED) is 0.813. The molecule has 1 unspecified atom stereocenters. The number of aliphatic imine (C=N–C) groups is 2. The number of hydrogen-bond donors (Lipinski definition) is 1. The lowest BCUT2D eigenvalue weighted by molar-refractivity contribution is 0.0165. The first-order valence-electron chi connectivity index (χ1n) is 9.24. The Balaban J connectivity index is 1.59. The molecule has 2 aromatic heterocycles. The van der Waals surface area contributed by atoms with E-state index >= 15 is 0 Å². The van der Waals surface area contributed by atoms with E-state index in [4.69, 9.17) is 9.73 Å². The van der Waals surface area contributed by atoms with Crippen molar-refractivity contribution < 1.29 is 4.74 Å². The number of pyridine rings is 1. The van der Waals surface area contributed by atoms with Crippen molar-refractivity contribution in [1.82, 2.24) is 14.9 Å². The van der Waals surface area contributed by atoms with E-state index in [1.165, 1.54) is 18.4 Å². The van der Waals surface area contributed by atoms with Crippen molar-refractivity contribution in [3.8, 4) is 0 Å². The first-order chi connectivity index (χ1) is 12.8. The summed E-state index contributed by atoms with van der Waals surface area (Å²) < 4.78 is 5.54. The maximum Gasteiger partial charge on any atom is 0.137 e. The lowest BCUT2D eigenvalue weighted by Gasteiger charge is -2.35. The molecule has 0 aromatic carbocycles. The third-order valence-electron chi connectivity index (χ3n) is 5.08. The van der Waals surface area contributed by atoms with Gasteiger partial charge in [-0.2, -0.15) is 0 Å². The average Bonchev–Trinajstić information content (AvgIpc) is 3.39. The molecule has 1 atom stereocenters.